The van der Waals surface area contributed by atoms with Crippen molar-refractivity contribution in [1.82, 2.24) is 4.40 Å². The molecule has 3 aromatic rings. The topological polar surface area (TPSA) is 79.7 Å². The molecule has 0 radical (unpaired) electrons. The van der Waals surface area contributed by atoms with E-state index < -0.39 is 10.0 Å². The van der Waals surface area contributed by atoms with E-state index in [0.29, 0.717) is 16.3 Å². The highest BCUT2D eigenvalue weighted by molar-refractivity contribution is 7.92. The van der Waals surface area contributed by atoms with Gasteiger partial charge in [-0.2, -0.15) is 0 Å². The predicted molar refractivity (Wildman–Crippen MR) is 100 cm³/mol. The molecule has 2 heterocycles. The van der Waals surface area contributed by atoms with Crippen molar-refractivity contribution in [2.75, 3.05) is 16.3 Å². The molecule has 0 saturated heterocycles. The number of carbonyl (C=O) groups is 1. The number of carbonyl (C=O) groups excluding carboxylic acids is 1. The molecule has 2 aromatic heterocycles. The molecule has 0 aliphatic heterocycles. The second kappa shape index (κ2) is 6.42. The van der Waals surface area contributed by atoms with Crippen LogP contribution in [0.4, 0.5) is 11.4 Å². The highest BCUT2D eigenvalue weighted by Gasteiger charge is 2.12. The van der Waals surface area contributed by atoms with Crippen LogP contribution in [0.2, 0.25) is 5.02 Å². The number of nitrogens with one attached hydrogen (secondary N) is 2. The maximum atomic E-state index is 12.5. The Kier molecular flexibility index (Phi) is 4.45. The van der Waals surface area contributed by atoms with Gasteiger partial charge in [0.15, 0.2) is 0 Å². The summed E-state index contributed by atoms with van der Waals surface area (Å²) in [6.07, 6.45) is 2.79. The van der Waals surface area contributed by atoms with Crippen LogP contribution < -0.4 is 10.0 Å². The first-order chi connectivity index (χ1) is 11.7. The van der Waals surface area contributed by atoms with Crippen LogP contribution in [-0.2, 0) is 10.0 Å². The number of pyridine rings is 1. The quantitative estimate of drug-likeness (QED) is 0.730. The van der Waals surface area contributed by atoms with Gasteiger partial charge in [-0.25, -0.2) is 8.42 Å². The van der Waals surface area contributed by atoms with Gasteiger partial charge in [0.05, 0.1) is 17.5 Å². The molecule has 0 saturated carbocycles. The van der Waals surface area contributed by atoms with Gasteiger partial charge in [-0.1, -0.05) is 17.7 Å². The molecule has 0 spiro atoms. The molecule has 0 fully saturated rings. The fourth-order valence-corrected chi connectivity index (χ4v) is 3.32. The largest absolute Gasteiger partial charge is 0.322 e. The van der Waals surface area contributed by atoms with Crippen LogP contribution in [0, 0.1) is 6.92 Å². The number of rotatable bonds is 4. The molecule has 3 rings (SSSR count). The predicted octanol–water partition coefficient (Wildman–Crippen LogP) is 3.52. The number of aromatic nitrogens is 1. The van der Waals surface area contributed by atoms with Crippen LogP contribution in [0.3, 0.4) is 0 Å². The van der Waals surface area contributed by atoms with E-state index in [1.165, 1.54) is 12.1 Å². The van der Waals surface area contributed by atoms with Crippen molar-refractivity contribution in [3.05, 3.63) is 64.9 Å². The second-order valence-electron chi connectivity index (χ2n) is 5.75. The van der Waals surface area contributed by atoms with Gasteiger partial charge in [-0.15, -0.1) is 0 Å². The second-order valence-corrected chi connectivity index (χ2v) is 7.93. The summed E-state index contributed by atoms with van der Waals surface area (Å²) in [6.45, 7) is 1.95. The lowest BCUT2D eigenvalue weighted by Gasteiger charge is -2.09. The Hall–Kier alpha value is -2.51. The molecule has 6 nitrogen and oxygen atoms in total. The first-order valence-electron chi connectivity index (χ1n) is 7.39. The van der Waals surface area contributed by atoms with Crippen molar-refractivity contribution < 1.29 is 13.2 Å². The molecule has 0 aliphatic rings. The number of sulfonamides is 1. The highest BCUT2D eigenvalue weighted by atomic mass is 35.5. The normalized spacial score (nSPS) is 11.5. The molecular weight excluding hydrogens is 362 g/mol. The van der Waals surface area contributed by atoms with Crippen molar-refractivity contribution in [3.63, 3.8) is 0 Å². The lowest BCUT2D eigenvalue weighted by molar-refractivity contribution is 0.102. The summed E-state index contributed by atoms with van der Waals surface area (Å²) in [6, 6.07) is 12.1. The molecule has 1 amide bonds. The van der Waals surface area contributed by atoms with Gasteiger partial charge in [-0.05, 0) is 43.3 Å². The average Bonchev–Trinajstić information content (AvgIpc) is 2.90. The number of fused-ring (bicyclic) bond motifs is 1. The number of benzene rings is 1. The summed E-state index contributed by atoms with van der Waals surface area (Å²) in [4.78, 5) is 12.5. The maximum absolute atomic E-state index is 12.5. The highest BCUT2D eigenvalue weighted by Crippen LogP contribution is 2.24. The Morgan fingerprint density at radius 3 is 2.52 bits per heavy atom. The molecule has 0 unspecified atom stereocenters. The number of halogens is 1. The monoisotopic (exact) mass is 377 g/mol. The summed E-state index contributed by atoms with van der Waals surface area (Å²) in [5.74, 6) is -0.310. The van der Waals surface area contributed by atoms with Crippen molar-refractivity contribution in [2.24, 2.45) is 0 Å². The zero-order valence-corrected chi connectivity index (χ0v) is 15.1. The summed E-state index contributed by atoms with van der Waals surface area (Å²) in [5, 5.41) is 3.04. The molecule has 0 bridgehead atoms. The molecular formula is C17H16ClN3O3S. The Balaban J connectivity index is 1.88. The molecule has 1 aromatic carbocycles. The van der Waals surface area contributed by atoms with E-state index in [1.807, 2.05) is 29.5 Å². The fraction of sp³-hybridized carbons (Fsp3) is 0.118. The van der Waals surface area contributed by atoms with Gasteiger partial charge in [0, 0.05) is 28.1 Å². The standard InChI is InChI=1S/C17H16ClN3O3S/c1-11-4-3-5-16-6-12(10-21(11)16)17(22)19-14-7-13(18)8-15(9-14)20-25(2,23)24/h3-10,20H,1-2H3,(H,19,22). The van der Waals surface area contributed by atoms with Crippen LogP contribution in [0.25, 0.3) is 5.52 Å². The number of amides is 1. The van der Waals surface area contributed by atoms with Gasteiger partial charge >= 0.3 is 0 Å². The van der Waals surface area contributed by atoms with Crippen LogP contribution in [0.15, 0.2) is 48.7 Å². The fourth-order valence-electron chi connectivity index (χ4n) is 2.54. The average molecular weight is 378 g/mol. The third-order valence-corrected chi connectivity index (χ3v) is 4.38. The SMILES string of the molecule is Cc1cccc2cc(C(=O)Nc3cc(Cl)cc(NS(C)(=O)=O)c3)cn12. The van der Waals surface area contributed by atoms with Gasteiger partial charge in [0.2, 0.25) is 10.0 Å². The van der Waals surface area contributed by atoms with E-state index in [4.69, 9.17) is 11.6 Å². The van der Waals surface area contributed by atoms with E-state index >= 15 is 0 Å². The Morgan fingerprint density at radius 1 is 1.12 bits per heavy atom. The van der Waals surface area contributed by atoms with Crippen LogP contribution in [-0.4, -0.2) is 25.0 Å². The van der Waals surface area contributed by atoms with E-state index in [0.717, 1.165) is 17.5 Å². The number of hydrogen-bond donors (Lipinski definition) is 2. The Bertz CT molecular complexity index is 1070. The maximum Gasteiger partial charge on any atom is 0.257 e. The molecule has 0 atom stereocenters. The molecule has 130 valence electrons. The van der Waals surface area contributed by atoms with Crippen molar-refractivity contribution in [1.29, 1.82) is 0 Å². The zero-order chi connectivity index (χ0) is 18.2. The van der Waals surface area contributed by atoms with Gasteiger partial charge < -0.3 is 9.72 Å². The smallest absolute Gasteiger partial charge is 0.257 e. The van der Waals surface area contributed by atoms with Crippen molar-refractivity contribution in [3.8, 4) is 0 Å². The molecule has 8 heteroatoms. The minimum Gasteiger partial charge on any atom is -0.322 e. The van der Waals surface area contributed by atoms with Crippen molar-refractivity contribution in [2.45, 2.75) is 6.92 Å². The third-order valence-electron chi connectivity index (χ3n) is 3.56. The lowest BCUT2D eigenvalue weighted by atomic mass is 10.2. The Labute approximate surface area is 150 Å². The van der Waals surface area contributed by atoms with Gasteiger partial charge in [-0.3, -0.25) is 9.52 Å². The van der Waals surface area contributed by atoms with Gasteiger partial charge in [0.1, 0.15) is 0 Å². The minimum absolute atomic E-state index is 0.281. The Morgan fingerprint density at radius 2 is 1.84 bits per heavy atom. The number of aryl methyl sites for hydroxylation is 1. The molecule has 2 N–H and O–H groups in total. The summed E-state index contributed by atoms with van der Waals surface area (Å²) in [5.41, 5.74) is 3.10. The third kappa shape index (κ3) is 4.12. The van der Waals surface area contributed by atoms with E-state index in [-0.39, 0.29) is 11.6 Å². The van der Waals surface area contributed by atoms with Gasteiger partial charge in [0.25, 0.3) is 5.91 Å². The molecule has 25 heavy (non-hydrogen) atoms. The zero-order valence-electron chi connectivity index (χ0n) is 13.6. The summed E-state index contributed by atoms with van der Waals surface area (Å²) < 4.78 is 27.0. The van der Waals surface area contributed by atoms with Crippen LogP contribution in [0.5, 0.6) is 0 Å². The number of nitrogens with zero attached hydrogens (tertiary/aromatic N) is 1. The summed E-state index contributed by atoms with van der Waals surface area (Å²) >= 11 is 6.00. The van der Waals surface area contributed by atoms with Crippen LogP contribution >= 0.6 is 11.6 Å². The van der Waals surface area contributed by atoms with E-state index in [1.54, 1.807) is 18.3 Å². The summed E-state index contributed by atoms with van der Waals surface area (Å²) in [7, 11) is -3.44. The van der Waals surface area contributed by atoms with E-state index in [9.17, 15) is 13.2 Å². The van der Waals surface area contributed by atoms with Crippen LogP contribution in [0.1, 0.15) is 16.1 Å². The molecule has 0 aliphatic carbocycles. The van der Waals surface area contributed by atoms with E-state index in [2.05, 4.69) is 10.0 Å². The minimum atomic E-state index is -3.44. The lowest BCUT2D eigenvalue weighted by Crippen LogP contribution is -2.13. The first kappa shape index (κ1) is 17.3. The van der Waals surface area contributed by atoms with Crippen molar-refractivity contribution >= 4 is 44.4 Å². The number of anilines is 2. The number of hydrogen-bond acceptors (Lipinski definition) is 3. The first-order valence-corrected chi connectivity index (χ1v) is 9.66.